The molecule has 0 saturated heterocycles. The second-order valence-electron chi connectivity index (χ2n) is 3.27. The minimum absolute atomic E-state index is 0.0615. The maximum absolute atomic E-state index is 12.2. The molecule has 0 unspecified atom stereocenters. The quantitative estimate of drug-likeness (QED) is 0.518. The number of Topliss-reactive ketones (excluding diaryl/α,β-unsaturated/α-hetero) is 1. The number of benzene rings is 1. The summed E-state index contributed by atoms with van der Waals surface area (Å²) in [6, 6.07) is 9.46. The van der Waals surface area contributed by atoms with Gasteiger partial charge in [0, 0.05) is 12.7 Å². The molecule has 0 bridgehead atoms. The Morgan fingerprint density at radius 1 is 1.00 bits per heavy atom. The van der Waals surface area contributed by atoms with Crippen molar-refractivity contribution >= 4 is 51.0 Å². The summed E-state index contributed by atoms with van der Waals surface area (Å²) < 4.78 is 2.21. The second kappa shape index (κ2) is 4.78. The van der Waals surface area contributed by atoms with Crippen molar-refractivity contribution in [2.24, 2.45) is 5.92 Å². The van der Waals surface area contributed by atoms with Gasteiger partial charge in [0.05, 0.1) is 5.92 Å². The van der Waals surface area contributed by atoms with Crippen LogP contribution in [-0.4, -0.2) is 5.78 Å². The van der Waals surface area contributed by atoms with Crippen LogP contribution in [0.5, 0.6) is 0 Å². The highest BCUT2D eigenvalue weighted by Crippen LogP contribution is 2.37. The minimum Gasteiger partial charge on any atom is -0.293 e. The van der Waals surface area contributed by atoms with E-state index < -0.39 is 0 Å². The molecule has 1 nitrogen and oxygen atoms in total. The fraction of sp³-hybridized carbons (Fsp3) is 0.0833. The summed E-state index contributed by atoms with van der Waals surface area (Å²) in [6.07, 6.45) is 4.02. The first-order chi connectivity index (χ1) is 7.20. The number of carbonyl (C=O) groups is 1. The van der Waals surface area contributed by atoms with Gasteiger partial charge in [-0.2, -0.15) is 0 Å². The molecule has 15 heavy (non-hydrogen) atoms. The molecule has 0 amide bonds. The predicted octanol–water partition coefficient (Wildman–Crippen LogP) is 4.14. The third kappa shape index (κ3) is 2.33. The van der Waals surface area contributed by atoms with Gasteiger partial charge in [-0.25, -0.2) is 0 Å². The number of allylic oxidation sites excluding steroid dienone is 4. The van der Waals surface area contributed by atoms with Crippen LogP contribution in [0.4, 0.5) is 0 Å². The molecule has 1 aromatic carbocycles. The molecule has 0 heterocycles. The molecule has 0 aromatic heterocycles. The second-order valence-corrected chi connectivity index (χ2v) is 5.76. The van der Waals surface area contributed by atoms with E-state index in [-0.39, 0.29) is 11.7 Å². The zero-order valence-electron chi connectivity index (χ0n) is 7.78. The molecule has 76 valence electrons. The van der Waals surface area contributed by atoms with E-state index in [1.54, 1.807) is 0 Å². The Labute approximate surface area is 116 Å². The summed E-state index contributed by atoms with van der Waals surface area (Å²) in [4.78, 5) is 12.2. The topological polar surface area (TPSA) is 17.1 Å². The molecule has 0 aliphatic heterocycles. The Kier molecular flexibility index (Phi) is 3.60. The number of hydrogen-bond donors (Lipinski definition) is 0. The van der Waals surface area contributed by atoms with Crippen molar-refractivity contribution in [3.63, 3.8) is 0 Å². The highest BCUT2D eigenvalue weighted by molar-refractivity contribution is 14.1. The number of carbonyl (C=O) groups excluding carboxylic acids is 1. The minimum atomic E-state index is -0.0615. The SMILES string of the molecule is O=C(c1ccccc1)C1C(I)=CC=C1I. The van der Waals surface area contributed by atoms with E-state index in [1.165, 1.54) is 0 Å². The highest BCUT2D eigenvalue weighted by Gasteiger charge is 2.27. The highest BCUT2D eigenvalue weighted by atomic mass is 127. The van der Waals surface area contributed by atoms with Gasteiger partial charge in [-0.3, -0.25) is 4.79 Å². The molecule has 0 fully saturated rings. The molecule has 1 aromatic rings. The molecule has 1 aliphatic carbocycles. The van der Waals surface area contributed by atoms with Gasteiger partial charge >= 0.3 is 0 Å². The lowest BCUT2D eigenvalue weighted by atomic mass is 9.99. The molecule has 0 N–H and O–H groups in total. The predicted molar refractivity (Wildman–Crippen MR) is 78.5 cm³/mol. The van der Waals surface area contributed by atoms with Gasteiger partial charge in [0.1, 0.15) is 0 Å². The van der Waals surface area contributed by atoms with E-state index in [9.17, 15) is 4.79 Å². The van der Waals surface area contributed by atoms with Crippen molar-refractivity contribution in [3.8, 4) is 0 Å². The van der Waals surface area contributed by atoms with Crippen LogP contribution in [0, 0.1) is 5.92 Å². The lowest BCUT2D eigenvalue weighted by molar-refractivity contribution is 0.0965. The van der Waals surface area contributed by atoms with Crippen LogP contribution in [0.25, 0.3) is 0 Å². The molecular weight excluding hydrogens is 414 g/mol. The molecule has 0 atom stereocenters. The van der Waals surface area contributed by atoms with E-state index >= 15 is 0 Å². The largest absolute Gasteiger partial charge is 0.293 e. The van der Waals surface area contributed by atoms with Gasteiger partial charge < -0.3 is 0 Å². The summed E-state index contributed by atoms with van der Waals surface area (Å²) >= 11 is 4.47. The van der Waals surface area contributed by atoms with Gasteiger partial charge in [-0.15, -0.1) is 0 Å². The van der Waals surface area contributed by atoms with Gasteiger partial charge in [0.15, 0.2) is 5.78 Å². The number of rotatable bonds is 2. The van der Waals surface area contributed by atoms with Crippen LogP contribution in [0.1, 0.15) is 10.4 Å². The fourth-order valence-electron chi connectivity index (χ4n) is 1.50. The van der Waals surface area contributed by atoms with Crippen molar-refractivity contribution in [2.45, 2.75) is 0 Å². The summed E-state index contributed by atoms with van der Waals surface area (Å²) in [6.45, 7) is 0. The summed E-state index contributed by atoms with van der Waals surface area (Å²) in [5, 5.41) is 0. The van der Waals surface area contributed by atoms with E-state index in [4.69, 9.17) is 0 Å². The van der Waals surface area contributed by atoms with E-state index in [0.717, 1.165) is 12.7 Å². The maximum atomic E-state index is 12.2. The zero-order chi connectivity index (χ0) is 10.8. The fourth-order valence-corrected chi connectivity index (χ4v) is 3.70. The third-order valence-electron chi connectivity index (χ3n) is 2.27. The number of ketones is 1. The normalized spacial score (nSPS) is 16.1. The Morgan fingerprint density at radius 3 is 2.07 bits per heavy atom. The van der Waals surface area contributed by atoms with Crippen LogP contribution in [0.15, 0.2) is 49.6 Å². The van der Waals surface area contributed by atoms with Crippen LogP contribution in [0.3, 0.4) is 0 Å². The summed E-state index contributed by atoms with van der Waals surface area (Å²) in [5.41, 5.74) is 0.787. The van der Waals surface area contributed by atoms with Crippen molar-refractivity contribution in [2.75, 3.05) is 0 Å². The average Bonchev–Trinajstić information content (AvgIpc) is 2.59. The lowest BCUT2D eigenvalue weighted by Gasteiger charge is -2.10. The van der Waals surface area contributed by atoms with Gasteiger partial charge in [-0.1, -0.05) is 42.5 Å². The first kappa shape index (κ1) is 11.3. The summed E-state index contributed by atoms with van der Waals surface area (Å²) in [7, 11) is 0. The molecule has 0 radical (unpaired) electrons. The Morgan fingerprint density at radius 2 is 1.53 bits per heavy atom. The standard InChI is InChI=1S/C12H8I2O/c13-9-6-7-10(14)11(9)12(15)8-4-2-1-3-5-8/h1-7,11H. The van der Waals surface area contributed by atoms with E-state index in [1.807, 2.05) is 42.5 Å². The Balaban J connectivity index is 2.30. The van der Waals surface area contributed by atoms with Crippen LogP contribution in [0.2, 0.25) is 0 Å². The van der Waals surface area contributed by atoms with Crippen molar-refractivity contribution in [1.82, 2.24) is 0 Å². The lowest BCUT2D eigenvalue weighted by Crippen LogP contribution is -2.13. The zero-order valence-corrected chi connectivity index (χ0v) is 12.1. The number of halogens is 2. The smallest absolute Gasteiger partial charge is 0.175 e. The number of hydrogen-bond acceptors (Lipinski definition) is 1. The Hall–Kier alpha value is -0.170. The first-order valence-electron chi connectivity index (χ1n) is 4.52. The maximum Gasteiger partial charge on any atom is 0.175 e. The average molecular weight is 422 g/mol. The molecule has 3 heteroatoms. The molecule has 2 rings (SSSR count). The Bertz CT molecular complexity index is 428. The van der Waals surface area contributed by atoms with E-state index in [0.29, 0.717) is 0 Å². The molecule has 0 spiro atoms. The van der Waals surface area contributed by atoms with Crippen molar-refractivity contribution < 1.29 is 4.79 Å². The van der Waals surface area contributed by atoms with Gasteiger partial charge in [-0.05, 0) is 45.2 Å². The summed E-state index contributed by atoms with van der Waals surface area (Å²) in [5.74, 6) is 0.128. The van der Waals surface area contributed by atoms with Gasteiger partial charge in [0.2, 0.25) is 0 Å². The van der Waals surface area contributed by atoms with Gasteiger partial charge in [0.25, 0.3) is 0 Å². The van der Waals surface area contributed by atoms with Crippen molar-refractivity contribution in [3.05, 3.63) is 55.2 Å². The van der Waals surface area contributed by atoms with Crippen LogP contribution >= 0.6 is 45.2 Å². The molecular formula is C12H8I2O. The van der Waals surface area contributed by atoms with Crippen LogP contribution in [-0.2, 0) is 0 Å². The van der Waals surface area contributed by atoms with E-state index in [2.05, 4.69) is 45.2 Å². The molecule has 1 aliphatic rings. The first-order valence-corrected chi connectivity index (χ1v) is 6.68. The third-order valence-corrected chi connectivity index (χ3v) is 4.24. The molecule has 0 saturated carbocycles. The monoisotopic (exact) mass is 422 g/mol. The van der Waals surface area contributed by atoms with Crippen LogP contribution < -0.4 is 0 Å². The van der Waals surface area contributed by atoms with Crippen molar-refractivity contribution in [1.29, 1.82) is 0 Å².